The summed E-state index contributed by atoms with van der Waals surface area (Å²) in [6.45, 7) is 42.8. The summed E-state index contributed by atoms with van der Waals surface area (Å²) >= 11 is 0. The molecule has 0 amide bonds. The quantitative estimate of drug-likeness (QED) is 0.411. The fourth-order valence-electron chi connectivity index (χ4n) is 0. The molecule has 0 aliphatic carbocycles. The fraction of sp³-hybridized carbons (Fsp3) is 0. The molecule has 0 saturated carbocycles. The minimum atomic E-state index is 0. The van der Waals surface area contributed by atoms with Gasteiger partial charge >= 0.3 is 0 Å². The first-order chi connectivity index (χ1) is 9.00. The zero-order valence-electron chi connectivity index (χ0n) is 9.13. The van der Waals surface area contributed by atoms with Crippen LogP contribution in [-0.4, -0.2) is 0 Å². The van der Waals surface area contributed by atoms with Gasteiger partial charge in [-0.1, -0.05) is 0 Å². The first-order valence-corrected chi connectivity index (χ1v) is 2.01. The van der Waals surface area contributed by atoms with Crippen LogP contribution in [0.25, 0.3) is 0 Å². The van der Waals surface area contributed by atoms with Crippen LogP contribution < -0.4 is 0 Å². The van der Waals surface area contributed by atoms with E-state index in [0.717, 1.165) is 0 Å². The predicted molar refractivity (Wildman–Crippen MR) is 44.7 cm³/mol. The van der Waals surface area contributed by atoms with Crippen LogP contribution in [0.2, 0.25) is 0 Å². The summed E-state index contributed by atoms with van der Waals surface area (Å²) < 4.78 is 0. The van der Waals surface area contributed by atoms with E-state index in [0.29, 0.717) is 0 Å². The summed E-state index contributed by atoms with van der Waals surface area (Å²) in [5, 5.41) is 56.2. The van der Waals surface area contributed by atoms with E-state index in [4.69, 9.17) is 107 Å². The molecule has 2 radical (unpaired) electrons. The van der Waals surface area contributed by atoms with Gasteiger partial charge in [0.05, 0.1) is 0 Å². The Balaban J connectivity index is -0.00000000500. The summed E-state index contributed by atoms with van der Waals surface area (Å²) in [6, 6.07) is 0. The van der Waals surface area contributed by atoms with Crippen LogP contribution in [0.4, 0.5) is 0 Å². The molecule has 0 heterocycles. The monoisotopic (exact) mass is 404 g/mol. The molecule has 0 rings (SSSR count). The largest absolute Gasteiger partial charge is 0.512 e. The van der Waals surface area contributed by atoms with Gasteiger partial charge in [0.25, 0.3) is 0 Å². The van der Waals surface area contributed by atoms with Gasteiger partial charge in [0.1, 0.15) is 0 Å². The molecule has 11 heteroatoms. The number of hydrogen-bond donors (Lipinski definition) is 0. The second-order valence-electron chi connectivity index (χ2n) is 0. The molecular weight excluding hydrogens is 406 g/mol. The van der Waals surface area contributed by atoms with Crippen LogP contribution in [0.15, 0.2) is 0 Å². The molecule has 112 valence electrons. The van der Waals surface area contributed by atoms with Gasteiger partial charge in [0, 0.05) is 39.4 Å². The van der Waals surface area contributed by atoms with Crippen molar-refractivity contribution in [3.63, 3.8) is 0 Å². The number of rotatable bonds is 0. The summed E-state index contributed by atoms with van der Waals surface area (Å²) in [5.41, 5.74) is 0. The molecule has 0 N–H and O–H groups in total. The van der Waals surface area contributed by atoms with Crippen molar-refractivity contribution in [2.24, 2.45) is 0 Å². The maximum absolute atomic E-state index is 6.25. The van der Waals surface area contributed by atoms with E-state index in [1.165, 1.54) is 0 Å². The van der Waals surface area contributed by atoms with Crippen molar-refractivity contribution in [3.05, 3.63) is 59.1 Å². The molecule has 20 heavy (non-hydrogen) atoms. The maximum Gasteiger partial charge on any atom is 0 e. The van der Waals surface area contributed by atoms with E-state index in [9.17, 15) is 0 Å². The standard InChI is InChI=1S/9CN.Ag.Cu/c9*1-2;;/q9*-1;;. The number of hydrogen-bond acceptors (Lipinski definition) is 9. The van der Waals surface area contributed by atoms with Crippen molar-refractivity contribution >= 4 is 0 Å². The molecule has 0 aliphatic rings. The minimum Gasteiger partial charge on any atom is -0.512 e. The van der Waals surface area contributed by atoms with Crippen molar-refractivity contribution in [3.8, 4) is 0 Å². The van der Waals surface area contributed by atoms with Crippen molar-refractivity contribution in [2.75, 3.05) is 0 Å². The van der Waals surface area contributed by atoms with Crippen molar-refractivity contribution in [2.45, 2.75) is 0 Å². The molecule has 0 aromatic heterocycles. The molecule has 9 nitrogen and oxygen atoms in total. The average molecular weight is 406 g/mol. The van der Waals surface area contributed by atoms with Crippen LogP contribution in [0.5, 0.6) is 0 Å². The van der Waals surface area contributed by atoms with Crippen molar-refractivity contribution in [1.29, 1.82) is 47.4 Å². The zero-order chi connectivity index (χ0) is 18.0. The van der Waals surface area contributed by atoms with Gasteiger partial charge in [-0.2, -0.15) is 0 Å². The molecule has 0 aromatic carbocycles. The third kappa shape index (κ3) is 247. The Morgan fingerprint density at radius 1 is 0.250 bits per heavy atom. The molecule has 0 bridgehead atoms. The normalized spacial score (nSPS) is 0.900. The first kappa shape index (κ1) is 127. The second-order valence-corrected chi connectivity index (χ2v) is 0. The van der Waals surface area contributed by atoms with E-state index in [2.05, 4.69) is 0 Å². The SMILES string of the molecule is [Ag].[C-]#N.[C-]#N.[C-]#N.[C-]#N.[C-]#N.[C-]#N.[C-]#N.[C-]#N.[C-]#N.[Cu]. The van der Waals surface area contributed by atoms with Crippen LogP contribution >= 0.6 is 0 Å². The third-order valence-electron chi connectivity index (χ3n) is 0. The Morgan fingerprint density at radius 2 is 0.250 bits per heavy atom. The van der Waals surface area contributed by atoms with Crippen molar-refractivity contribution in [1.82, 2.24) is 0 Å². The van der Waals surface area contributed by atoms with Gasteiger partial charge in [-0.15, -0.1) is 0 Å². The van der Waals surface area contributed by atoms with Crippen molar-refractivity contribution < 1.29 is 39.4 Å². The second kappa shape index (κ2) is 304. The van der Waals surface area contributed by atoms with E-state index < -0.39 is 0 Å². The van der Waals surface area contributed by atoms with Crippen LogP contribution in [0, 0.1) is 107 Å². The van der Waals surface area contributed by atoms with E-state index in [-0.39, 0.29) is 39.4 Å². The number of nitrogens with zero attached hydrogens (tertiary/aromatic N) is 9. The Labute approximate surface area is 145 Å². The first-order valence-electron chi connectivity index (χ1n) is 2.01. The van der Waals surface area contributed by atoms with E-state index in [1.807, 2.05) is 0 Å². The average Bonchev–Trinajstić information content (AvgIpc) is 2.63. The topological polar surface area (TPSA) is 214 Å². The summed E-state index contributed by atoms with van der Waals surface area (Å²) in [7, 11) is 0. The predicted octanol–water partition coefficient (Wildman–Crippen LogP) is 0.862. The van der Waals surface area contributed by atoms with Gasteiger partial charge in [0.2, 0.25) is 0 Å². The maximum atomic E-state index is 6.25. The molecule has 0 aliphatic heterocycles. The van der Waals surface area contributed by atoms with Crippen LogP contribution in [0.3, 0.4) is 0 Å². The summed E-state index contributed by atoms with van der Waals surface area (Å²) in [4.78, 5) is 0. The molecule has 0 aromatic rings. The summed E-state index contributed by atoms with van der Waals surface area (Å²) in [5.74, 6) is 0. The zero-order valence-corrected chi connectivity index (χ0v) is 11.6. The Bertz CT molecular complexity index is 158. The van der Waals surface area contributed by atoms with Crippen LogP contribution in [0.1, 0.15) is 0 Å². The molecule has 0 atom stereocenters. The van der Waals surface area contributed by atoms with Gasteiger partial charge < -0.3 is 107 Å². The minimum absolute atomic E-state index is 0. The Kier molecular flexibility index (Phi) is 1940. The molecule has 0 unspecified atom stereocenters. The van der Waals surface area contributed by atoms with Crippen LogP contribution in [-0.2, 0) is 39.4 Å². The fourth-order valence-corrected chi connectivity index (χ4v) is 0. The Hall–Kier alpha value is -3.33. The smallest absolute Gasteiger partial charge is 0 e. The van der Waals surface area contributed by atoms with Gasteiger partial charge in [-0.25, -0.2) is 0 Å². The van der Waals surface area contributed by atoms with Gasteiger partial charge in [-0.05, 0) is 0 Å². The molecule has 0 saturated heterocycles. The Morgan fingerprint density at radius 3 is 0.250 bits per heavy atom. The summed E-state index contributed by atoms with van der Waals surface area (Å²) in [6.07, 6.45) is 0. The van der Waals surface area contributed by atoms with E-state index in [1.54, 1.807) is 0 Å². The molecule has 0 spiro atoms. The van der Waals surface area contributed by atoms with Gasteiger partial charge in [0.15, 0.2) is 0 Å². The molecular formula is C9AgCuN9-9. The molecule has 0 fully saturated rings. The van der Waals surface area contributed by atoms with E-state index >= 15 is 0 Å². The third-order valence-corrected chi connectivity index (χ3v) is 0. The van der Waals surface area contributed by atoms with Gasteiger partial charge in [-0.3, -0.25) is 0 Å².